The first kappa shape index (κ1) is 11.6. The Morgan fingerprint density at radius 3 is 3.00 bits per heavy atom. The number of fused-ring (bicyclic) bond motifs is 1. The highest BCUT2D eigenvalue weighted by Gasteiger charge is 2.22. The molecule has 1 amide bonds. The van der Waals surface area contributed by atoms with Crippen molar-refractivity contribution >= 4 is 11.7 Å². The molecule has 1 N–H and O–H groups in total. The van der Waals surface area contributed by atoms with Gasteiger partial charge < -0.3 is 10.1 Å². The van der Waals surface area contributed by atoms with Gasteiger partial charge in [0.15, 0.2) is 5.78 Å². The highest BCUT2D eigenvalue weighted by atomic mass is 16.5. The third-order valence-electron chi connectivity index (χ3n) is 2.90. The molecule has 0 saturated carbocycles. The van der Waals surface area contributed by atoms with Crippen LogP contribution in [0.1, 0.15) is 28.8 Å². The molecule has 4 heteroatoms. The summed E-state index contributed by atoms with van der Waals surface area (Å²) in [7, 11) is 1.60. The number of hydrogen-bond donors (Lipinski definition) is 1. The predicted octanol–water partition coefficient (Wildman–Crippen LogP) is 1.33. The van der Waals surface area contributed by atoms with Gasteiger partial charge in [-0.1, -0.05) is 12.1 Å². The van der Waals surface area contributed by atoms with E-state index in [1.807, 2.05) is 18.2 Å². The molecular formula is C13H15NO3. The van der Waals surface area contributed by atoms with Crippen molar-refractivity contribution in [3.8, 4) is 5.75 Å². The van der Waals surface area contributed by atoms with E-state index in [2.05, 4.69) is 5.32 Å². The van der Waals surface area contributed by atoms with Gasteiger partial charge in [-0.2, -0.15) is 0 Å². The zero-order valence-corrected chi connectivity index (χ0v) is 9.79. The zero-order chi connectivity index (χ0) is 12.3. The second-order valence-electron chi connectivity index (χ2n) is 3.98. The number of carbonyl (C=O) groups is 2. The monoisotopic (exact) mass is 233 g/mol. The van der Waals surface area contributed by atoms with Crippen molar-refractivity contribution in [1.82, 2.24) is 5.32 Å². The van der Waals surface area contributed by atoms with E-state index in [0.29, 0.717) is 19.4 Å². The number of nitrogens with one attached hydrogen (secondary N) is 1. The van der Waals surface area contributed by atoms with E-state index >= 15 is 0 Å². The highest BCUT2D eigenvalue weighted by Crippen LogP contribution is 2.30. The smallest absolute Gasteiger partial charge is 0.223 e. The summed E-state index contributed by atoms with van der Waals surface area (Å²) < 4.78 is 5.56. The molecule has 1 aliphatic rings. The van der Waals surface area contributed by atoms with Gasteiger partial charge in [0.05, 0.1) is 13.0 Å². The lowest BCUT2D eigenvalue weighted by atomic mass is 10.1. The van der Waals surface area contributed by atoms with E-state index in [0.717, 1.165) is 23.3 Å². The number of ketones is 1. The molecule has 0 atom stereocenters. The van der Waals surface area contributed by atoms with Gasteiger partial charge in [-0.05, 0) is 12.5 Å². The van der Waals surface area contributed by atoms with Gasteiger partial charge in [0, 0.05) is 24.6 Å². The fourth-order valence-corrected chi connectivity index (χ4v) is 1.97. The van der Waals surface area contributed by atoms with Crippen molar-refractivity contribution in [1.29, 1.82) is 0 Å². The summed E-state index contributed by atoms with van der Waals surface area (Å²) in [6, 6.07) is 5.49. The molecule has 0 radical (unpaired) electrons. The van der Waals surface area contributed by atoms with Crippen molar-refractivity contribution in [2.24, 2.45) is 0 Å². The maximum absolute atomic E-state index is 11.5. The third-order valence-corrected chi connectivity index (χ3v) is 2.90. The molecule has 0 aromatic heterocycles. The predicted molar refractivity (Wildman–Crippen MR) is 63.3 cm³/mol. The molecule has 2 rings (SSSR count). The number of hydrogen-bond acceptors (Lipinski definition) is 3. The van der Waals surface area contributed by atoms with Crippen molar-refractivity contribution in [2.75, 3.05) is 13.7 Å². The summed E-state index contributed by atoms with van der Waals surface area (Å²) in [5.74, 6) is 0.864. The normalized spacial score (nSPS) is 13.4. The Morgan fingerprint density at radius 2 is 2.24 bits per heavy atom. The maximum Gasteiger partial charge on any atom is 0.223 e. The van der Waals surface area contributed by atoms with Crippen LogP contribution in [0.4, 0.5) is 0 Å². The summed E-state index contributed by atoms with van der Waals surface area (Å²) in [4.78, 5) is 22.6. The summed E-state index contributed by atoms with van der Waals surface area (Å²) in [5.41, 5.74) is 1.75. The van der Waals surface area contributed by atoms with Crippen LogP contribution in [0.25, 0.3) is 0 Å². The van der Waals surface area contributed by atoms with Gasteiger partial charge >= 0.3 is 0 Å². The van der Waals surface area contributed by atoms with Gasteiger partial charge in [0.2, 0.25) is 5.91 Å². The van der Waals surface area contributed by atoms with Crippen LogP contribution in [0, 0.1) is 0 Å². The van der Waals surface area contributed by atoms with E-state index in [-0.39, 0.29) is 11.7 Å². The molecule has 0 saturated heterocycles. The highest BCUT2D eigenvalue weighted by molar-refractivity contribution is 6.01. The molecule has 90 valence electrons. The first-order valence-electron chi connectivity index (χ1n) is 5.71. The van der Waals surface area contributed by atoms with Crippen LogP contribution in [0.3, 0.4) is 0 Å². The standard InChI is InChI=1S/C13H15NO3/c1-14-13(16)7-8-17-12-4-2-3-9-10(12)5-6-11(9)15/h2-4H,5-8H2,1H3,(H,14,16). The number of Topliss-reactive ketones (excluding diaryl/α,β-unsaturated/α-hetero) is 1. The van der Waals surface area contributed by atoms with Crippen molar-refractivity contribution in [3.63, 3.8) is 0 Å². The topological polar surface area (TPSA) is 55.4 Å². The number of carbonyl (C=O) groups excluding carboxylic acids is 2. The van der Waals surface area contributed by atoms with E-state index in [9.17, 15) is 9.59 Å². The van der Waals surface area contributed by atoms with E-state index in [1.54, 1.807) is 7.05 Å². The maximum atomic E-state index is 11.5. The zero-order valence-electron chi connectivity index (χ0n) is 9.79. The minimum atomic E-state index is -0.0475. The number of benzene rings is 1. The largest absolute Gasteiger partial charge is 0.493 e. The molecule has 17 heavy (non-hydrogen) atoms. The van der Waals surface area contributed by atoms with E-state index < -0.39 is 0 Å². The molecule has 1 aliphatic carbocycles. The minimum Gasteiger partial charge on any atom is -0.493 e. The summed E-state index contributed by atoms with van der Waals surface area (Å²) in [6.07, 6.45) is 1.63. The van der Waals surface area contributed by atoms with E-state index in [1.165, 1.54) is 0 Å². The van der Waals surface area contributed by atoms with Crippen molar-refractivity contribution in [2.45, 2.75) is 19.3 Å². The lowest BCUT2D eigenvalue weighted by Crippen LogP contribution is -2.20. The molecule has 0 heterocycles. The Kier molecular flexibility index (Phi) is 3.42. The second-order valence-corrected chi connectivity index (χ2v) is 3.98. The Hall–Kier alpha value is -1.84. The molecule has 0 unspecified atom stereocenters. The van der Waals surface area contributed by atoms with Crippen molar-refractivity contribution in [3.05, 3.63) is 29.3 Å². The molecule has 1 aromatic carbocycles. The second kappa shape index (κ2) is 4.99. The molecule has 1 aromatic rings. The summed E-state index contributed by atoms with van der Waals surface area (Å²) >= 11 is 0. The summed E-state index contributed by atoms with van der Waals surface area (Å²) in [5, 5.41) is 2.54. The Balaban J connectivity index is 2.03. The molecule has 0 bridgehead atoms. The van der Waals surface area contributed by atoms with Crippen LogP contribution in [-0.4, -0.2) is 25.3 Å². The van der Waals surface area contributed by atoms with Crippen LogP contribution in [-0.2, 0) is 11.2 Å². The molecule has 0 spiro atoms. The average Bonchev–Trinajstić information content (AvgIpc) is 2.72. The van der Waals surface area contributed by atoms with Crippen LogP contribution < -0.4 is 10.1 Å². The fourth-order valence-electron chi connectivity index (χ4n) is 1.97. The molecule has 0 fully saturated rings. The van der Waals surface area contributed by atoms with E-state index in [4.69, 9.17) is 4.74 Å². The van der Waals surface area contributed by atoms with Crippen LogP contribution in [0.2, 0.25) is 0 Å². The first-order valence-corrected chi connectivity index (χ1v) is 5.71. The van der Waals surface area contributed by atoms with Gasteiger partial charge in [0.1, 0.15) is 5.75 Å². The van der Waals surface area contributed by atoms with Crippen LogP contribution in [0.5, 0.6) is 5.75 Å². The quantitative estimate of drug-likeness (QED) is 0.853. The van der Waals surface area contributed by atoms with Gasteiger partial charge in [-0.3, -0.25) is 9.59 Å². The van der Waals surface area contributed by atoms with Gasteiger partial charge in [-0.25, -0.2) is 0 Å². The number of amides is 1. The third kappa shape index (κ3) is 2.46. The van der Waals surface area contributed by atoms with Crippen LogP contribution >= 0.6 is 0 Å². The number of ether oxygens (including phenoxy) is 1. The molecule has 0 aliphatic heterocycles. The first-order chi connectivity index (χ1) is 8.22. The SMILES string of the molecule is CNC(=O)CCOc1cccc2c1CCC2=O. The summed E-state index contributed by atoms with van der Waals surface area (Å²) in [6.45, 7) is 0.338. The molecular weight excluding hydrogens is 218 g/mol. The Bertz CT molecular complexity index is 454. The lowest BCUT2D eigenvalue weighted by molar-refractivity contribution is -0.121. The Labute approximate surface area is 100.0 Å². The average molecular weight is 233 g/mol. The van der Waals surface area contributed by atoms with Crippen molar-refractivity contribution < 1.29 is 14.3 Å². The van der Waals surface area contributed by atoms with Gasteiger partial charge in [0.25, 0.3) is 0 Å². The minimum absolute atomic E-state index is 0.0475. The fraction of sp³-hybridized carbons (Fsp3) is 0.385. The Morgan fingerprint density at radius 1 is 1.41 bits per heavy atom. The molecule has 4 nitrogen and oxygen atoms in total. The van der Waals surface area contributed by atoms with Gasteiger partial charge in [-0.15, -0.1) is 0 Å². The van der Waals surface area contributed by atoms with Crippen LogP contribution in [0.15, 0.2) is 18.2 Å². The number of rotatable bonds is 4. The lowest BCUT2D eigenvalue weighted by Gasteiger charge is -2.09.